The number of carbonyl (C=O) groups is 3. The van der Waals surface area contributed by atoms with Crippen molar-refractivity contribution in [2.24, 2.45) is 5.73 Å². The molecule has 114 valence electrons. The number of carbonyl (C=O) groups excluding carboxylic acids is 3. The molecule has 0 aromatic carbocycles. The van der Waals surface area contributed by atoms with Gasteiger partial charge in [0.15, 0.2) is 0 Å². The maximum Gasteiger partial charge on any atom is 0.230 e. The summed E-state index contributed by atoms with van der Waals surface area (Å²) in [5.74, 6) is -0.559. The fourth-order valence-corrected chi connectivity index (χ4v) is 2.63. The van der Waals surface area contributed by atoms with Gasteiger partial charge in [0.1, 0.15) is 5.50 Å². The van der Waals surface area contributed by atoms with Crippen molar-refractivity contribution in [1.82, 2.24) is 16.0 Å². The highest BCUT2D eigenvalue weighted by molar-refractivity contribution is 8.00. The Morgan fingerprint density at radius 3 is 2.95 bits per heavy atom. The first-order valence-corrected chi connectivity index (χ1v) is 7.27. The smallest absolute Gasteiger partial charge is 0.230 e. The Kier molecular flexibility index (Phi) is 7.34. The number of primary amides is 1. The minimum atomic E-state index is -0.460. The molecule has 8 nitrogen and oxygen atoms in total. The maximum absolute atomic E-state index is 11.5. The van der Waals surface area contributed by atoms with Crippen LogP contribution in [0.5, 0.6) is 0 Å². The number of ether oxygens (including phenoxy) is 1. The topological polar surface area (TPSA) is 123 Å². The van der Waals surface area contributed by atoms with Gasteiger partial charge < -0.3 is 21.1 Å². The predicted octanol–water partition coefficient (Wildman–Crippen LogP) is -1.88. The van der Waals surface area contributed by atoms with Crippen LogP contribution in [0.1, 0.15) is 12.8 Å². The maximum atomic E-state index is 11.5. The molecule has 9 heteroatoms. The normalized spacial score (nSPS) is 22.1. The van der Waals surface area contributed by atoms with E-state index in [-0.39, 0.29) is 36.5 Å². The largest absolute Gasteiger partial charge is 0.383 e. The second-order valence-electron chi connectivity index (χ2n) is 4.34. The number of amides is 3. The van der Waals surface area contributed by atoms with Crippen LogP contribution in [0.25, 0.3) is 0 Å². The van der Waals surface area contributed by atoms with Crippen molar-refractivity contribution < 1.29 is 19.1 Å². The third-order valence-electron chi connectivity index (χ3n) is 2.57. The van der Waals surface area contributed by atoms with E-state index in [0.717, 1.165) is 0 Å². The molecule has 0 bridgehead atoms. The van der Waals surface area contributed by atoms with Crippen LogP contribution in [0.4, 0.5) is 0 Å². The Morgan fingerprint density at radius 2 is 2.30 bits per heavy atom. The molecular weight excluding hydrogens is 284 g/mol. The Bertz CT molecular complexity index is 364. The second kappa shape index (κ2) is 8.77. The standard InChI is InChI=1S/C11H20N4O4S/c1-19-3-2-13-10(18)6-20-11-14-7(4-8(12)16)5-9(17)15-11/h7,11,14H,2-6H2,1H3,(H2,12,16)(H,13,18)(H,15,17). The second-order valence-corrected chi connectivity index (χ2v) is 5.43. The zero-order chi connectivity index (χ0) is 15.0. The van der Waals surface area contributed by atoms with E-state index in [2.05, 4.69) is 16.0 Å². The quantitative estimate of drug-likeness (QED) is 0.389. The van der Waals surface area contributed by atoms with Crippen LogP contribution in [-0.2, 0) is 19.1 Å². The highest BCUT2D eigenvalue weighted by atomic mass is 32.2. The number of thioether (sulfide) groups is 1. The number of methoxy groups -OCH3 is 1. The molecule has 0 radical (unpaired) electrons. The van der Waals surface area contributed by atoms with Crippen LogP contribution in [0.15, 0.2) is 0 Å². The summed E-state index contributed by atoms with van der Waals surface area (Å²) in [5, 5.41) is 8.44. The Balaban J connectivity index is 2.29. The minimum Gasteiger partial charge on any atom is -0.383 e. The lowest BCUT2D eigenvalue weighted by Crippen LogP contribution is -2.55. The SMILES string of the molecule is COCCNC(=O)CSC1NC(=O)CC(CC(N)=O)N1. The number of hydrogen-bond donors (Lipinski definition) is 4. The van der Waals surface area contributed by atoms with Gasteiger partial charge in [0.25, 0.3) is 0 Å². The summed E-state index contributed by atoms with van der Waals surface area (Å²) in [4.78, 5) is 33.8. The molecule has 0 aromatic heterocycles. The van der Waals surface area contributed by atoms with Gasteiger partial charge >= 0.3 is 0 Å². The molecule has 0 saturated carbocycles. The lowest BCUT2D eigenvalue weighted by molar-refractivity contribution is -0.124. The van der Waals surface area contributed by atoms with Crippen LogP contribution in [0, 0.1) is 0 Å². The first kappa shape index (κ1) is 16.7. The molecule has 1 saturated heterocycles. The van der Waals surface area contributed by atoms with E-state index < -0.39 is 11.4 Å². The van der Waals surface area contributed by atoms with Crippen molar-refractivity contribution in [3.8, 4) is 0 Å². The van der Waals surface area contributed by atoms with Crippen molar-refractivity contribution >= 4 is 29.5 Å². The molecular formula is C11H20N4O4S. The molecule has 1 heterocycles. The Morgan fingerprint density at radius 1 is 1.55 bits per heavy atom. The Hall–Kier alpha value is -1.32. The monoisotopic (exact) mass is 304 g/mol. The molecule has 2 atom stereocenters. The van der Waals surface area contributed by atoms with Gasteiger partial charge in [-0.3, -0.25) is 19.7 Å². The first-order valence-electron chi connectivity index (χ1n) is 6.22. The van der Waals surface area contributed by atoms with Gasteiger partial charge in [-0.1, -0.05) is 0 Å². The van der Waals surface area contributed by atoms with E-state index >= 15 is 0 Å². The van der Waals surface area contributed by atoms with E-state index in [1.807, 2.05) is 0 Å². The molecule has 1 rings (SSSR count). The van der Waals surface area contributed by atoms with Gasteiger partial charge in [-0.2, -0.15) is 0 Å². The van der Waals surface area contributed by atoms with Crippen molar-refractivity contribution in [3.05, 3.63) is 0 Å². The summed E-state index contributed by atoms with van der Waals surface area (Å²) in [7, 11) is 1.56. The van der Waals surface area contributed by atoms with Crippen LogP contribution >= 0.6 is 11.8 Å². The van der Waals surface area contributed by atoms with Crippen molar-refractivity contribution in [3.63, 3.8) is 0 Å². The summed E-state index contributed by atoms with van der Waals surface area (Å²) in [5.41, 5.74) is 4.72. The van der Waals surface area contributed by atoms with Gasteiger partial charge in [0.05, 0.1) is 12.4 Å². The van der Waals surface area contributed by atoms with Crippen LogP contribution in [0.3, 0.4) is 0 Å². The van der Waals surface area contributed by atoms with Crippen LogP contribution in [0.2, 0.25) is 0 Å². The molecule has 3 amide bonds. The summed E-state index contributed by atoms with van der Waals surface area (Å²) in [6.45, 7) is 0.903. The van der Waals surface area contributed by atoms with Crippen LogP contribution in [-0.4, -0.2) is 55.3 Å². The lowest BCUT2D eigenvalue weighted by Gasteiger charge is -2.30. The van der Waals surface area contributed by atoms with Gasteiger partial charge in [-0.15, -0.1) is 11.8 Å². The number of hydrogen-bond acceptors (Lipinski definition) is 6. The summed E-state index contributed by atoms with van der Waals surface area (Å²) in [6, 6.07) is -0.282. The van der Waals surface area contributed by atoms with Crippen molar-refractivity contribution in [1.29, 1.82) is 0 Å². The zero-order valence-electron chi connectivity index (χ0n) is 11.3. The van der Waals surface area contributed by atoms with Gasteiger partial charge in [-0.05, 0) is 0 Å². The lowest BCUT2D eigenvalue weighted by atomic mass is 10.1. The van der Waals surface area contributed by atoms with E-state index in [1.165, 1.54) is 11.8 Å². The highest BCUT2D eigenvalue weighted by Crippen LogP contribution is 2.13. The third kappa shape index (κ3) is 6.73. The average Bonchev–Trinajstić information content (AvgIpc) is 2.35. The average molecular weight is 304 g/mol. The number of nitrogens with one attached hydrogen (secondary N) is 3. The van der Waals surface area contributed by atoms with Crippen LogP contribution < -0.4 is 21.7 Å². The fraction of sp³-hybridized carbons (Fsp3) is 0.727. The fourth-order valence-electron chi connectivity index (χ4n) is 1.71. The molecule has 2 unspecified atom stereocenters. The number of rotatable bonds is 8. The van der Waals surface area contributed by atoms with E-state index in [1.54, 1.807) is 7.11 Å². The Labute approximate surface area is 121 Å². The minimum absolute atomic E-state index is 0.102. The zero-order valence-corrected chi connectivity index (χ0v) is 12.1. The summed E-state index contributed by atoms with van der Waals surface area (Å²) < 4.78 is 4.82. The third-order valence-corrected chi connectivity index (χ3v) is 3.58. The molecule has 0 aliphatic carbocycles. The summed E-state index contributed by atoms with van der Waals surface area (Å²) in [6.07, 6.45) is 0.310. The molecule has 0 spiro atoms. The molecule has 1 fully saturated rings. The van der Waals surface area contributed by atoms with E-state index in [9.17, 15) is 14.4 Å². The van der Waals surface area contributed by atoms with Gasteiger partial charge in [-0.25, -0.2) is 0 Å². The first-order chi connectivity index (χ1) is 9.51. The molecule has 5 N–H and O–H groups in total. The van der Waals surface area contributed by atoms with Crippen molar-refractivity contribution in [2.45, 2.75) is 24.4 Å². The number of nitrogens with two attached hydrogens (primary N) is 1. The molecule has 0 aromatic rings. The molecule has 1 aliphatic heterocycles. The van der Waals surface area contributed by atoms with Gasteiger partial charge in [0, 0.05) is 32.5 Å². The molecule has 20 heavy (non-hydrogen) atoms. The summed E-state index contributed by atoms with van der Waals surface area (Å²) >= 11 is 1.25. The van der Waals surface area contributed by atoms with Gasteiger partial charge in [0.2, 0.25) is 17.7 Å². The predicted molar refractivity (Wildman–Crippen MR) is 74.6 cm³/mol. The van der Waals surface area contributed by atoms with E-state index in [0.29, 0.717) is 13.2 Å². The van der Waals surface area contributed by atoms with E-state index in [4.69, 9.17) is 10.5 Å². The molecule has 1 aliphatic rings. The van der Waals surface area contributed by atoms with Crippen molar-refractivity contribution in [2.75, 3.05) is 26.0 Å². The highest BCUT2D eigenvalue weighted by Gasteiger charge is 2.27.